The molecule has 0 heterocycles. The van der Waals surface area contributed by atoms with Crippen LogP contribution in [0.5, 0.6) is 5.75 Å². The summed E-state index contributed by atoms with van der Waals surface area (Å²) in [5, 5.41) is 2.78. The second kappa shape index (κ2) is 7.22. The van der Waals surface area contributed by atoms with E-state index in [4.69, 9.17) is 4.74 Å². The Morgan fingerprint density at radius 1 is 1.35 bits per heavy atom. The Balaban J connectivity index is 2.37. The van der Waals surface area contributed by atoms with Crippen molar-refractivity contribution in [1.82, 2.24) is 5.32 Å². The van der Waals surface area contributed by atoms with Gasteiger partial charge in [0.1, 0.15) is 5.75 Å². The second-order valence-electron chi connectivity index (χ2n) is 4.07. The highest BCUT2D eigenvalue weighted by Crippen LogP contribution is 2.13. The predicted molar refractivity (Wildman–Crippen MR) is 72.8 cm³/mol. The van der Waals surface area contributed by atoms with E-state index >= 15 is 0 Å². The normalized spacial score (nSPS) is 10.4. The molecule has 1 amide bonds. The monoisotopic (exact) mass is 253 g/mol. The molecule has 0 aliphatic rings. The lowest BCUT2D eigenvalue weighted by Crippen LogP contribution is -2.26. The molecular weight excluding hydrogens is 234 g/mol. The van der Waals surface area contributed by atoms with Crippen LogP contribution in [0.4, 0.5) is 0 Å². The largest absolute Gasteiger partial charge is 0.491 e. The van der Waals surface area contributed by atoms with Crippen LogP contribution in [0.3, 0.4) is 0 Å². The van der Waals surface area contributed by atoms with E-state index in [0.717, 1.165) is 12.2 Å². The van der Waals surface area contributed by atoms with Crippen LogP contribution >= 0.6 is 12.6 Å². The summed E-state index contributed by atoms with van der Waals surface area (Å²) in [6, 6.07) is 7.95. The zero-order chi connectivity index (χ0) is 12.7. The Morgan fingerprint density at radius 2 is 2.00 bits per heavy atom. The van der Waals surface area contributed by atoms with Crippen LogP contribution in [0.1, 0.15) is 19.4 Å². The molecule has 0 radical (unpaired) electrons. The van der Waals surface area contributed by atoms with E-state index in [2.05, 4.69) is 17.9 Å². The number of amides is 1. The molecule has 1 aromatic rings. The SMILES string of the molecule is CC(C)Oc1ccc(CCNC(=O)CS)cc1. The molecule has 0 saturated heterocycles. The Kier molecular flexibility index (Phi) is 5.91. The highest BCUT2D eigenvalue weighted by Gasteiger charge is 1.99. The fraction of sp³-hybridized carbons (Fsp3) is 0.462. The van der Waals surface area contributed by atoms with Gasteiger partial charge in [0.2, 0.25) is 5.91 Å². The van der Waals surface area contributed by atoms with E-state index in [0.29, 0.717) is 6.54 Å². The zero-order valence-electron chi connectivity index (χ0n) is 10.3. The van der Waals surface area contributed by atoms with Crippen LogP contribution in [0.2, 0.25) is 0 Å². The van der Waals surface area contributed by atoms with E-state index in [-0.39, 0.29) is 17.8 Å². The molecule has 0 aromatic heterocycles. The van der Waals surface area contributed by atoms with E-state index < -0.39 is 0 Å². The van der Waals surface area contributed by atoms with Crippen LogP contribution in [-0.4, -0.2) is 24.3 Å². The van der Waals surface area contributed by atoms with E-state index in [1.807, 2.05) is 38.1 Å². The first-order chi connectivity index (χ1) is 8.11. The van der Waals surface area contributed by atoms with Gasteiger partial charge in [-0.3, -0.25) is 4.79 Å². The van der Waals surface area contributed by atoms with Gasteiger partial charge in [0, 0.05) is 6.54 Å². The van der Waals surface area contributed by atoms with Crippen molar-refractivity contribution < 1.29 is 9.53 Å². The topological polar surface area (TPSA) is 38.3 Å². The molecule has 1 N–H and O–H groups in total. The molecule has 1 rings (SSSR count). The van der Waals surface area contributed by atoms with Gasteiger partial charge in [-0.05, 0) is 38.0 Å². The fourth-order valence-corrected chi connectivity index (χ4v) is 1.52. The number of hydrogen-bond donors (Lipinski definition) is 2. The molecular formula is C13H19NO2S. The Hall–Kier alpha value is -1.16. The molecule has 1 aromatic carbocycles. The summed E-state index contributed by atoms with van der Waals surface area (Å²) in [6.45, 7) is 4.64. The third kappa shape index (κ3) is 5.63. The Morgan fingerprint density at radius 3 is 2.53 bits per heavy atom. The van der Waals surface area contributed by atoms with Crippen molar-refractivity contribution in [3.8, 4) is 5.75 Å². The number of thiol groups is 1. The Bertz CT molecular complexity index is 349. The van der Waals surface area contributed by atoms with E-state index in [1.54, 1.807) is 0 Å². The maximum absolute atomic E-state index is 11.0. The second-order valence-corrected chi connectivity index (χ2v) is 4.38. The lowest BCUT2D eigenvalue weighted by Gasteiger charge is -2.10. The summed E-state index contributed by atoms with van der Waals surface area (Å²) < 4.78 is 5.55. The molecule has 3 nitrogen and oxygen atoms in total. The number of carbonyl (C=O) groups excluding carboxylic acids is 1. The van der Waals surface area contributed by atoms with Crippen molar-refractivity contribution in [2.45, 2.75) is 26.4 Å². The number of hydrogen-bond acceptors (Lipinski definition) is 3. The number of rotatable bonds is 6. The van der Waals surface area contributed by atoms with Crippen molar-refractivity contribution in [2.24, 2.45) is 0 Å². The molecule has 0 unspecified atom stereocenters. The van der Waals surface area contributed by atoms with E-state index in [9.17, 15) is 4.79 Å². The smallest absolute Gasteiger partial charge is 0.229 e. The molecule has 0 spiro atoms. The van der Waals surface area contributed by atoms with Crippen LogP contribution in [-0.2, 0) is 11.2 Å². The predicted octanol–water partition coefficient (Wildman–Crippen LogP) is 2.06. The van der Waals surface area contributed by atoms with Gasteiger partial charge < -0.3 is 10.1 Å². The standard InChI is InChI=1S/C13H19NO2S/c1-10(2)16-12-5-3-11(4-6-12)7-8-14-13(15)9-17/h3-6,10,17H,7-9H2,1-2H3,(H,14,15). The quantitative estimate of drug-likeness (QED) is 0.762. The third-order valence-corrected chi connectivity index (χ3v) is 2.46. The van der Waals surface area contributed by atoms with Crippen molar-refractivity contribution >= 4 is 18.5 Å². The van der Waals surface area contributed by atoms with Crippen molar-refractivity contribution in [3.63, 3.8) is 0 Å². The van der Waals surface area contributed by atoms with Crippen molar-refractivity contribution in [3.05, 3.63) is 29.8 Å². The van der Waals surface area contributed by atoms with Crippen molar-refractivity contribution in [2.75, 3.05) is 12.3 Å². The van der Waals surface area contributed by atoms with Gasteiger partial charge >= 0.3 is 0 Å². The summed E-state index contributed by atoms with van der Waals surface area (Å²) in [5.74, 6) is 1.08. The summed E-state index contributed by atoms with van der Waals surface area (Å²) in [7, 11) is 0. The molecule has 0 aliphatic carbocycles. The zero-order valence-corrected chi connectivity index (χ0v) is 11.2. The minimum absolute atomic E-state index is 0.0342. The maximum atomic E-state index is 11.0. The molecule has 94 valence electrons. The molecule has 0 fully saturated rings. The van der Waals surface area contributed by atoms with Crippen LogP contribution in [0.25, 0.3) is 0 Å². The van der Waals surface area contributed by atoms with E-state index in [1.165, 1.54) is 5.56 Å². The first-order valence-electron chi connectivity index (χ1n) is 5.75. The summed E-state index contributed by atoms with van der Waals surface area (Å²) in [4.78, 5) is 11.0. The van der Waals surface area contributed by atoms with Gasteiger partial charge in [-0.15, -0.1) is 0 Å². The average molecular weight is 253 g/mol. The lowest BCUT2D eigenvalue weighted by molar-refractivity contribution is -0.118. The summed E-state index contributed by atoms with van der Waals surface area (Å²) >= 11 is 3.89. The van der Waals surface area contributed by atoms with Crippen LogP contribution in [0.15, 0.2) is 24.3 Å². The lowest BCUT2D eigenvalue weighted by atomic mass is 10.1. The molecule has 0 bridgehead atoms. The number of carbonyl (C=O) groups is 1. The third-order valence-electron chi connectivity index (χ3n) is 2.17. The van der Waals surface area contributed by atoms with Crippen LogP contribution in [0, 0.1) is 0 Å². The molecule has 17 heavy (non-hydrogen) atoms. The summed E-state index contributed by atoms with van der Waals surface area (Å²) in [6.07, 6.45) is 1.01. The first-order valence-corrected chi connectivity index (χ1v) is 6.38. The molecule has 0 saturated carbocycles. The van der Waals surface area contributed by atoms with Gasteiger partial charge in [0.05, 0.1) is 11.9 Å². The number of nitrogens with one attached hydrogen (secondary N) is 1. The van der Waals surface area contributed by atoms with Gasteiger partial charge in [-0.25, -0.2) is 0 Å². The maximum Gasteiger partial charge on any atom is 0.229 e. The first kappa shape index (κ1) is 13.9. The van der Waals surface area contributed by atoms with Gasteiger partial charge in [-0.2, -0.15) is 12.6 Å². The molecule has 0 atom stereocenters. The minimum atomic E-state index is -0.0342. The molecule has 0 aliphatic heterocycles. The van der Waals surface area contributed by atoms with Gasteiger partial charge in [-0.1, -0.05) is 12.1 Å². The average Bonchev–Trinajstić information content (AvgIpc) is 2.30. The summed E-state index contributed by atoms with van der Waals surface area (Å²) in [5.41, 5.74) is 1.18. The molecule has 4 heteroatoms. The number of benzene rings is 1. The Labute approximate surface area is 108 Å². The van der Waals surface area contributed by atoms with Crippen LogP contribution < -0.4 is 10.1 Å². The van der Waals surface area contributed by atoms with Gasteiger partial charge in [0.25, 0.3) is 0 Å². The van der Waals surface area contributed by atoms with Gasteiger partial charge in [0.15, 0.2) is 0 Å². The number of ether oxygens (including phenoxy) is 1. The minimum Gasteiger partial charge on any atom is -0.491 e. The fourth-order valence-electron chi connectivity index (χ4n) is 1.41. The highest BCUT2D eigenvalue weighted by molar-refractivity contribution is 7.81. The van der Waals surface area contributed by atoms with Crippen molar-refractivity contribution in [1.29, 1.82) is 0 Å². The highest BCUT2D eigenvalue weighted by atomic mass is 32.1.